The van der Waals surface area contributed by atoms with Gasteiger partial charge >= 0.3 is 0 Å². The summed E-state index contributed by atoms with van der Waals surface area (Å²) < 4.78 is 0. The average molecular weight is 415 g/mol. The van der Waals surface area contributed by atoms with Crippen LogP contribution in [-0.2, 0) is 0 Å². The zero-order valence-corrected chi connectivity index (χ0v) is 17.4. The molecule has 8 heteroatoms. The highest BCUT2D eigenvalue weighted by Crippen LogP contribution is 2.39. The van der Waals surface area contributed by atoms with E-state index in [0.717, 1.165) is 69.3 Å². The first-order chi connectivity index (χ1) is 14.2. The van der Waals surface area contributed by atoms with Crippen LogP contribution in [0.4, 0.5) is 5.82 Å². The van der Waals surface area contributed by atoms with Crippen LogP contribution in [0.2, 0.25) is 5.02 Å². The number of nitrogens with one attached hydrogen (secondary N) is 1. The van der Waals surface area contributed by atoms with E-state index in [-0.39, 0.29) is 5.91 Å². The molecule has 2 aliphatic heterocycles. The predicted octanol–water partition coefficient (Wildman–Crippen LogP) is 3.74. The molecule has 0 spiro atoms. The number of aromatic amines is 1. The molecule has 0 unspecified atom stereocenters. The van der Waals surface area contributed by atoms with Crippen LogP contribution in [0.3, 0.4) is 0 Å². The van der Waals surface area contributed by atoms with Gasteiger partial charge in [0.15, 0.2) is 5.82 Å². The summed E-state index contributed by atoms with van der Waals surface area (Å²) in [4.78, 5) is 26.1. The molecule has 0 aromatic carbocycles. The number of piperidine rings is 2. The number of carbonyl (C=O) groups is 1. The van der Waals surface area contributed by atoms with Crippen molar-refractivity contribution in [1.29, 1.82) is 0 Å². The lowest BCUT2D eigenvalue weighted by Crippen LogP contribution is -2.36. The Kier molecular flexibility index (Phi) is 5.16. The first-order valence-corrected chi connectivity index (χ1v) is 11.2. The molecule has 1 aliphatic carbocycles. The second-order valence-corrected chi connectivity index (χ2v) is 8.90. The van der Waals surface area contributed by atoms with Crippen LogP contribution in [0.25, 0.3) is 0 Å². The fourth-order valence-corrected chi connectivity index (χ4v) is 4.71. The van der Waals surface area contributed by atoms with Crippen LogP contribution in [0.15, 0.2) is 12.3 Å². The van der Waals surface area contributed by atoms with Gasteiger partial charge in [-0.3, -0.25) is 9.89 Å². The smallest absolute Gasteiger partial charge is 0.255 e. The van der Waals surface area contributed by atoms with Gasteiger partial charge in [-0.1, -0.05) is 11.6 Å². The predicted molar refractivity (Wildman–Crippen MR) is 112 cm³/mol. The van der Waals surface area contributed by atoms with Gasteiger partial charge in [0.1, 0.15) is 11.6 Å². The molecule has 7 nitrogen and oxygen atoms in total. The number of aromatic nitrogens is 4. The van der Waals surface area contributed by atoms with E-state index < -0.39 is 0 Å². The summed E-state index contributed by atoms with van der Waals surface area (Å²) in [5, 5.41) is 8.10. The van der Waals surface area contributed by atoms with E-state index in [4.69, 9.17) is 16.6 Å². The molecule has 2 saturated heterocycles. The van der Waals surface area contributed by atoms with Crippen molar-refractivity contribution in [3.05, 3.63) is 34.5 Å². The maximum Gasteiger partial charge on any atom is 0.255 e. The molecule has 1 N–H and O–H groups in total. The van der Waals surface area contributed by atoms with Crippen LogP contribution >= 0.6 is 11.6 Å². The summed E-state index contributed by atoms with van der Waals surface area (Å²) in [7, 11) is 0. The van der Waals surface area contributed by atoms with Crippen LogP contribution in [0.1, 0.15) is 78.8 Å². The zero-order valence-electron chi connectivity index (χ0n) is 16.6. The van der Waals surface area contributed by atoms with Gasteiger partial charge in [-0.2, -0.15) is 5.10 Å². The van der Waals surface area contributed by atoms with Crippen molar-refractivity contribution >= 4 is 23.3 Å². The first-order valence-electron chi connectivity index (χ1n) is 10.8. The number of carbonyl (C=O) groups excluding carboxylic acids is 1. The minimum Gasteiger partial charge on any atom is -0.355 e. The second-order valence-electron chi connectivity index (χ2n) is 8.50. The SMILES string of the molecule is O=C(c1cnc(N2CCC(c3nc(C4CC4)n[nH]3)CC2)c(Cl)c1)N1CCCCC1. The van der Waals surface area contributed by atoms with Crippen molar-refractivity contribution in [2.45, 2.75) is 56.8 Å². The van der Waals surface area contributed by atoms with Gasteiger partial charge in [-0.05, 0) is 51.0 Å². The summed E-state index contributed by atoms with van der Waals surface area (Å²) in [5.41, 5.74) is 0.588. The minimum atomic E-state index is 0.0427. The lowest BCUT2D eigenvalue weighted by molar-refractivity contribution is 0.0724. The molecule has 2 aromatic rings. The molecule has 0 radical (unpaired) electrons. The number of anilines is 1. The Hall–Kier alpha value is -2.15. The molecule has 2 aromatic heterocycles. The lowest BCUT2D eigenvalue weighted by atomic mass is 9.96. The van der Waals surface area contributed by atoms with E-state index in [1.165, 1.54) is 19.3 Å². The fraction of sp³-hybridized carbons (Fsp3) is 0.619. The van der Waals surface area contributed by atoms with E-state index in [2.05, 4.69) is 20.1 Å². The summed E-state index contributed by atoms with van der Waals surface area (Å²) >= 11 is 6.54. The summed E-state index contributed by atoms with van der Waals surface area (Å²) in [5.74, 6) is 3.81. The highest BCUT2D eigenvalue weighted by Gasteiger charge is 2.30. The number of hydrogen-bond donors (Lipinski definition) is 1. The molecule has 3 aliphatic rings. The Morgan fingerprint density at radius 2 is 1.79 bits per heavy atom. The average Bonchev–Trinajstić information content (AvgIpc) is 3.50. The second kappa shape index (κ2) is 7.94. The summed E-state index contributed by atoms with van der Waals surface area (Å²) in [6, 6.07) is 1.78. The molecule has 5 rings (SSSR count). The number of pyridine rings is 1. The zero-order chi connectivity index (χ0) is 19.8. The topological polar surface area (TPSA) is 78.0 Å². The maximum absolute atomic E-state index is 12.7. The summed E-state index contributed by atoms with van der Waals surface area (Å²) in [6.07, 6.45) is 9.46. The van der Waals surface area contributed by atoms with E-state index in [1.807, 2.05) is 4.90 Å². The minimum absolute atomic E-state index is 0.0427. The number of nitrogens with zero attached hydrogens (tertiary/aromatic N) is 5. The molecular weight excluding hydrogens is 388 g/mol. The number of rotatable bonds is 4. The van der Waals surface area contributed by atoms with Crippen molar-refractivity contribution < 1.29 is 4.79 Å². The molecule has 0 bridgehead atoms. The van der Waals surface area contributed by atoms with Gasteiger partial charge in [-0.25, -0.2) is 9.97 Å². The van der Waals surface area contributed by atoms with Gasteiger partial charge in [0.2, 0.25) is 0 Å². The normalized spacial score (nSPS) is 20.9. The Morgan fingerprint density at radius 1 is 1.03 bits per heavy atom. The molecule has 154 valence electrons. The molecule has 4 heterocycles. The van der Waals surface area contributed by atoms with Gasteiger partial charge in [0, 0.05) is 44.2 Å². The lowest BCUT2D eigenvalue weighted by Gasteiger charge is -2.32. The van der Waals surface area contributed by atoms with Crippen molar-refractivity contribution in [3.8, 4) is 0 Å². The number of likely N-dealkylation sites (tertiary alicyclic amines) is 1. The van der Waals surface area contributed by atoms with Crippen molar-refractivity contribution in [2.75, 3.05) is 31.1 Å². The largest absolute Gasteiger partial charge is 0.355 e. The van der Waals surface area contributed by atoms with Crippen LogP contribution in [0.5, 0.6) is 0 Å². The van der Waals surface area contributed by atoms with Gasteiger partial charge in [0.25, 0.3) is 5.91 Å². The Bertz CT molecular complexity index is 881. The van der Waals surface area contributed by atoms with Crippen LogP contribution < -0.4 is 4.90 Å². The fourth-order valence-electron chi connectivity index (χ4n) is 4.42. The van der Waals surface area contributed by atoms with Crippen LogP contribution in [0, 0.1) is 0 Å². The van der Waals surface area contributed by atoms with Crippen molar-refractivity contribution in [2.24, 2.45) is 0 Å². The molecule has 3 fully saturated rings. The molecule has 1 amide bonds. The quantitative estimate of drug-likeness (QED) is 0.824. The van der Waals surface area contributed by atoms with Gasteiger partial charge < -0.3 is 9.80 Å². The highest BCUT2D eigenvalue weighted by molar-refractivity contribution is 6.33. The standard InChI is InChI=1S/C21H27ClN6O/c22-17-12-16(21(29)28-8-2-1-3-9-28)13-23-20(17)27-10-6-15(7-11-27)19-24-18(25-26-19)14-4-5-14/h12-15H,1-11H2,(H,24,25,26). The van der Waals surface area contributed by atoms with E-state index in [0.29, 0.717) is 22.4 Å². The van der Waals surface area contributed by atoms with E-state index in [9.17, 15) is 4.79 Å². The number of halogens is 1. The molecule has 0 atom stereocenters. The first kappa shape index (κ1) is 18.9. The van der Waals surface area contributed by atoms with Gasteiger partial charge in [0.05, 0.1) is 10.6 Å². The summed E-state index contributed by atoms with van der Waals surface area (Å²) in [6.45, 7) is 3.40. The van der Waals surface area contributed by atoms with Crippen molar-refractivity contribution in [1.82, 2.24) is 25.1 Å². The molecule has 29 heavy (non-hydrogen) atoms. The van der Waals surface area contributed by atoms with E-state index >= 15 is 0 Å². The number of hydrogen-bond acceptors (Lipinski definition) is 5. The van der Waals surface area contributed by atoms with Gasteiger partial charge in [-0.15, -0.1) is 0 Å². The molecular formula is C21H27ClN6O. The Morgan fingerprint density at radius 3 is 2.48 bits per heavy atom. The maximum atomic E-state index is 12.7. The Balaban J connectivity index is 1.22. The Labute approximate surface area is 175 Å². The third-order valence-corrected chi connectivity index (χ3v) is 6.63. The monoisotopic (exact) mass is 414 g/mol. The third-order valence-electron chi connectivity index (χ3n) is 6.36. The van der Waals surface area contributed by atoms with E-state index in [1.54, 1.807) is 12.3 Å². The van der Waals surface area contributed by atoms with Crippen LogP contribution in [-0.4, -0.2) is 57.2 Å². The number of H-pyrrole nitrogens is 1. The number of amides is 1. The van der Waals surface area contributed by atoms with Crippen molar-refractivity contribution in [3.63, 3.8) is 0 Å². The third kappa shape index (κ3) is 3.97. The molecule has 1 saturated carbocycles. The highest BCUT2D eigenvalue weighted by atomic mass is 35.5.